The summed E-state index contributed by atoms with van der Waals surface area (Å²) >= 11 is 4.17. The molecule has 3 aromatic heterocycles. The number of aryl methyl sites for hydroxylation is 2. The molecule has 142 valence electrons. The van der Waals surface area contributed by atoms with Crippen molar-refractivity contribution in [1.82, 2.24) is 14.8 Å². The van der Waals surface area contributed by atoms with Crippen LogP contribution in [0.25, 0.3) is 10.2 Å². The molecule has 0 aliphatic rings. The molecule has 0 fully saturated rings. The first-order valence-corrected chi connectivity index (χ1v) is 9.25. The highest BCUT2D eigenvalue weighted by Gasteiger charge is 2.25. The Labute approximate surface area is 164 Å². The van der Waals surface area contributed by atoms with Gasteiger partial charge in [-0.2, -0.15) is 5.10 Å². The number of carbonyl (C=O) groups excluding carboxylic acids is 2. The van der Waals surface area contributed by atoms with Crippen LogP contribution in [0.15, 0.2) is 10.5 Å². The molecule has 0 spiro atoms. The van der Waals surface area contributed by atoms with E-state index in [0.29, 0.717) is 15.4 Å². The number of hydrogen-bond acceptors (Lipinski definition) is 5. The number of nitrogens with two attached hydrogens (primary N) is 1. The summed E-state index contributed by atoms with van der Waals surface area (Å²) in [7, 11) is 1.69. The first kappa shape index (κ1) is 19.4. The van der Waals surface area contributed by atoms with E-state index in [4.69, 9.17) is 5.73 Å². The third-order valence-electron chi connectivity index (χ3n) is 4.04. The van der Waals surface area contributed by atoms with Gasteiger partial charge in [0.2, 0.25) is 0 Å². The molecular weight excluding hydrogens is 444 g/mol. The highest BCUT2D eigenvalue weighted by Crippen LogP contribution is 2.38. The normalized spacial score (nSPS) is 11.4. The average Bonchev–Trinajstić information content (AvgIpc) is 3.08. The molecule has 3 rings (SSSR count). The Morgan fingerprint density at radius 2 is 2.04 bits per heavy atom. The molecule has 3 heterocycles. The summed E-state index contributed by atoms with van der Waals surface area (Å²) in [5.41, 5.74) is 6.47. The lowest BCUT2D eigenvalue weighted by Gasteiger charge is -2.07. The van der Waals surface area contributed by atoms with Crippen molar-refractivity contribution in [2.75, 3.05) is 5.32 Å². The Balaban J connectivity index is 2.15. The Kier molecular flexibility index (Phi) is 5.00. The van der Waals surface area contributed by atoms with Gasteiger partial charge in [-0.1, -0.05) is 0 Å². The molecule has 0 aliphatic heterocycles. The van der Waals surface area contributed by atoms with Gasteiger partial charge in [-0.25, -0.2) is 13.8 Å². The second-order valence-electron chi connectivity index (χ2n) is 5.84. The minimum absolute atomic E-state index is 0.0316. The Morgan fingerprint density at radius 3 is 2.56 bits per heavy atom. The number of carbonyl (C=O) groups is 2. The Hall–Kier alpha value is -2.40. The van der Waals surface area contributed by atoms with Gasteiger partial charge in [0.1, 0.15) is 15.4 Å². The quantitative estimate of drug-likeness (QED) is 0.623. The number of aromatic nitrogens is 3. The van der Waals surface area contributed by atoms with Gasteiger partial charge in [0.25, 0.3) is 18.2 Å². The van der Waals surface area contributed by atoms with Gasteiger partial charge < -0.3 is 11.1 Å². The third kappa shape index (κ3) is 3.32. The van der Waals surface area contributed by atoms with E-state index in [1.54, 1.807) is 20.9 Å². The SMILES string of the molecule is Cc1cc(C(F)F)nc2sc(C(N)=O)c(NC(=O)c3nn(C)c(C)c3Br)c12. The third-order valence-corrected chi connectivity index (χ3v) is 6.09. The average molecular weight is 458 g/mol. The topological polar surface area (TPSA) is 103 Å². The van der Waals surface area contributed by atoms with Crippen molar-refractivity contribution in [2.45, 2.75) is 20.3 Å². The van der Waals surface area contributed by atoms with E-state index in [0.717, 1.165) is 17.0 Å². The smallest absolute Gasteiger partial charge is 0.280 e. The number of halogens is 3. The number of rotatable bonds is 4. The molecule has 0 atom stereocenters. The van der Waals surface area contributed by atoms with Gasteiger partial charge in [0, 0.05) is 12.4 Å². The molecular formula is C16H14BrF2N5O2S. The van der Waals surface area contributed by atoms with Crippen LogP contribution in [0.1, 0.15) is 43.5 Å². The number of amides is 2. The molecule has 0 unspecified atom stereocenters. The molecule has 0 aromatic carbocycles. The lowest BCUT2D eigenvalue weighted by molar-refractivity contribution is 0.100. The van der Waals surface area contributed by atoms with Crippen LogP contribution in [-0.2, 0) is 7.05 Å². The minimum atomic E-state index is -2.75. The van der Waals surface area contributed by atoms with E-state index in [-0.39, 0.29) is 21.1 Å². The van der Waals surface area contributed by atoms with E-state index in [9.17, 15) is 18.4 Å². The standard InChI is InChI=1S/C16H14BrF2N5O2S/c1-5-4-7(13(18)19)21-16-8(5)10(12(27-16)14(20)25)22-15(26)11-9(17)6(2)24(3)23-11/h4,13H,1-3H3,(H2,20,25)(H,22,26). The molecule has 0 saturated carbocycles. The first-order valence-electron chi connectivity index (χ1n) is 7.64. The fourth-order valence-electron chi connectivity index (χ4n) is 2.61. The van der Waals surface area contributed by atoms with E-state index >= 15 is 0 Å². The van der Waals surface area contributed by atoms with Gasteiger partial charge in [-0.15, -0.1) is 11.3 Å². The summed E-state index contributed by atoms with van der Waals surface area (Å²) in [4.78, 5) is 28.7. The number of anilines is 1. The van der Waals surface area contributed by atoms with Crippen LogP contribution in [0.4, 0.5) is 14.5 Å². The van der Waals surface area contributed by atoms with E-state index in [2.05, 4.69) is 31.3 Å². The summed E-state index contributed by atoms with van der Waals surface area (Å²) in [5, 5.41) is 7.17. The zero-order valence-electron chi connectivity index (χ0n) is 14.4. The molecule has 2 amide bonds. The predicted molar refractivity (Wildman–Crippen MR) is 101 cm³/mol. The fourth-order valence-corrected chi connectivity index (χ4v) is 4.19. The molecule has 3 N–H and O–H groups in total. The van der Waals surface area contributed by atoms with Crippen LogP contribution in [0.3, 0.4) is 0 Å². The lowest BCUT2D eigenvalue weighted by atomic mass is 10.1. The van der Waals surface area contributed by atoms with Crippen molar-refractivity contribution < 1.29 is 18.4 Å². The van der Waals surface area contributed by atoms with Crippen LogP contribution in [0.2, 0.25) is 0 Å². The summed E-state index contributed by atoms with van der Waals surface area (Å²) in [6.45, 7) is 3.38. The highest BCUT2D eigenvalue weighted by atomic mass is 79.9. The molecule has 3 aromatic rings. The number of hydrogen-bond donors (Lipinski definition) is 2. The highest BCUT2D eigenvalue weighted by molar-refractivity contribution is 9.10. The van der Waals surface area contributed by atoms with E-state index in [1.165, 1.54) is 10.7 Å². The van der Waals surface area contributed by atoms with Crippen molar-refractivity contribution in [3.05, 3.63) is 38.1 Å². The maximum Gasteiger partial charge on any atom is 0.280 e. The van der Waals surface area contributed by atoms with Crippen LogP contribution < -0.4 is 11.1 Å². The van der Waals surface area contributed by atoms with Crippen molar-refractivity contribution in [3.63, 3.8) is 0 Å². The molecule has 27 heavy (non-hydrogen) atoms. The minimum Gasteiger partial charge on any atom is -0.365 e. The van der Waals surface area contributed by atoms with Gasteiger partial charge in [0.05, 0.1) is 15.9 Å². The molecule has 0 bridgehead atoms. The van der Waals surface area contributed by atoms with Crippen LogP contribution in [-0.4, -0.2) is 26.6 Å². The number of pyridine rings is 1. The fraction of sp³-hybridized carbons (Fsp3) is 0.250. The first-order chi connectivity index (χ1) is 12.6. The van der Waals surface area contributed by atoms with Crippen LogP contribution in [0.5, 0.6) is 0 Å². The molecule has 0 aliphatic carbocycles. The summed E-state index contributed by atoms with van der Waals surface area (Å²) < 4.78 is 28.1. The maximum atomic E-state index is 13.0. The monoisotopic (exact) mass is 457 g/mol. The zero-order chi connectivity index (χ0) is 20.0. The van der Waals surface area contributed by atoms with Gasteiger partial charge in [0.15, 0.2) is 5.69 Å². The summed E-state index contributed by atoms with van der Waals surface area (Å²) in [5.74, 6) is -1.35. The van der Waals surface area contributed by atoms with Crippen molar-refractivity contribution in [3.8, 4) is 0 Å². The van der Waals surface area contributed by atoms with Gasteiger partial charge in [-0.05, 0) is 41.4 Å². The number of nitrogens with one attached hydrogen (secondary N) is 1. The number of primary amides is 1. The maximum absolute atomic E-state index is 13.0. The number of alkyl halides is 2. The van der Waals surface area contributed by atoms with Gasteiger partial charge >= 0.3 is 0 Å². The van der Waals surface area contributed by atoms with Crippen molar-refractivity contribution >= 4 is 55.0 Å². The second kappa shape index (κ2) is 6.97. The zero-order valence-corrected chi connectivity index (χ0v) is 16.8. The summed E-state index contributed by atoms with van der Waals surface area (Å²) in [6.07, 6.45) is -2.75. The number of fused-ring (bicyclic) bond motifs is 1. The van der Waals surface area contributed by atoms with E-state index < -0.39 is 23.9 Å². The van der Waals surface area contributed by atoms with Crippen LogP contribution in [0, 0.1) is 13.8 Å². The second-order valence-corrected chi connectivity index (χ2v) is 7.63. The van der Waals surface area contributed by atoms with Crippen molar-refractivity contribution in [2.24, 2.45) is 12.8 Å². The lowest BCUT2D eigenvalue weighted by Crippen LogP contribution is -2.17. The Bertz CT molecular complexity index is 1090. The molecule has 11 heteroatoms. The summed E-state index contributed by atoms with van der Waals surface area (Å²) in [6, 6.07) is 1.22. The van der Waals surface area contributed by atoms with Crippen molar-refractivity contribution in [1.29, 1.82) is 0 Å². The largest absolute Gasteiger partial charge is 0.365 e. The Morgan fingerprint density at radius 1 is 1.37 bits per heavy atom. The predicted octanol–water partition coefficient (Wildman–Crippen LogP) is 3.70. The molecule has 7 nitrogen and oxygen atoms in total. The number of thiophene rings is 1. The molecule has 0 radical (unpaired) electrons. The van der Waals surface area contributed by atoms with Gasteiger partial charge in [-0.3, -0.25) is 14.3 Å². The number of nitrogens with zero attached hydrogens (tertiary/aromatic N) is 3. The van der Waals surface area contributed by atoms with Crippen LogP contribution >= 0.6 is 27.3 Å². The van der Waals surface area contributed by atoms with E-state index in [1.807, 2.05) is 0 Å². The molecule has 0 saturated heterocycles.